The highest BCUT2D eigenvalue weighted by Crippen LogP contribution is 2.18. The van der Waals surface area contributed by atoms with Crippen molar-refractivity contribution in [3.05, 3.63) is 63.6 Å². The number of aryl methyl sites for hydroxylation is 2. The molecule has 30 heavy (non-hydrogen) atoms. The van der Waals surface area contributed by atoms with Crippen molar-refractivity contribution >= 4 is 27.7 Å². The molecule has 0 heterocycles. The Morgan fingerprint density at radius 3 is 2.17 bits per heavy atom. The minimum atomic E-state index is -0.636. The molecular formula is C24H31BrN2O3. The highest BCUT2D eigenvalue weighted by atomic mass is 79.9. The number of hydrogen-bond acceptors (Lipinski definition) is 3. The van der Waals surface area contributed by atoms with E-state index in [1.165, 1.54) is 0 Å². The van der Waals surface area contributed by atoms with Gasteiger partial charge in [0.25, 0.3) is 5.91 Å². The Kier molecular flexibility index (Phi) is 8.07. The van der Waals surface area contributed by atoms with Gasteiger partial charge in [-0.2, -0.15) is 0 Å². The summed E-state index contributed by atoms with van der Waals surface area (Å²) >= 11 is 3.42. The van der Waals surface area contributed by atoms with Crippen LogP contribution in [0.15, 0.2) is 46.9 Å². The summed E-state index contributed by atoms with van der Waals surface area (Å²) in [6.07, 6.45) is 0. The quantitative estimate of drug-likeness (QED) is 0.628. The van der Waals surface area contributed by atoms with Crippen molar-refractivity contribution in [2.24, 2.45) is 0 Å². The van der Waals surface area contributed by atoms with Crippen molar-refractivity contribution in [3.63, 3.8) is 0 Å². The number of amides is 2. The Labute approximate surface area is 187 Å². The molecule has 0 saturated heterocycles. The van der Waals surface area contributed by atoms with Gasteiger partial charge in [-0.1, -0.05) is 34.1 Å². The van der Waals surface area contributed by atoms with Gasteiger partial charge in [0.2, 0.25) is 5.91 Å². The Hall–Kier alpha value is -2.34. The highest BCUT2D eigenvalue weighted by Gasteiger charge is 2.28. The molecule has 0 aromatic heterocycles. The van der Waals surface area contributed by atoms with Gasteiger partial charge in [-0.25, -0.2) is 0 Å². The standard InChI is InChI=1S/C24H31BrN2O3/c1-16-11-17(2)13-21(12-16)30-15-22(28)27(14-19-7-9-20(25)10-8-19)18(3)23(29)26-24(4,5)6/h7-13,18H,14-15H2,1-6H3,(H,26,29). The molecule has 2 amide bonds. The van der Waals surface area contributed by atoms with Crippen LogP contribution in [0.1, 0.15) is 44.4 Å². The molecule has 0 aliphatic rings. The second-order valence-electron chi connectivity index (χ2n) is 8.68. The summed E-state index contributed by atoms with van der Waals surface area (Å²) in [4.78, 5) is 27.4. The zero-order valence-electron chi connectivity index (χ0n) is 18.6. The van der Waals surface area contributed by atoms with Crippen molar-refractivity contribution in [3.8, 4) is 5.75 Å². The van der Waals surface area contributed by atoms with E-state index in [2.05, 4.69) is 21.2 Å². The van der Waals surface area contributed by atoms with Gasteiger partial charge in [-0.15, -0.1) is 0 Å². The molecule has 1 N–H and O–H groups in total. The summed E-state index contributed by atoms with van der Waals surface area (Å²) in [5, 5.41) is 2.96. The van der Waals surface area contributed by atoms with Crippen LogP contribution >= 0.6 is 15.9 Å². The molecule has 2 aromatic rings. The van der Waals surface area contributed by atoms with Crippen LogP contribution in [0, 0.1) is 13.8 Å². The van der Waals surface area contributed by atoms with Crippen LogP contribution in [0.3, 0.4) is 0 Å². The average Bonchev–Trinajstić information content (AvgIpc) is 2.63. The fourth-order valence-corrected chi connectivity index (χ4v) is 3.35. The fraction of sp³-hybridized carbons (Fsp3) is 0.417. The molecule has 2 rings (SSSR count). The summed E-state index contributed by atoms with van der Waals surface area (Å²) in [5.41, 5.74) is 2.70. The topological polar surface area (TPSA) is 58.6 Å². The summed E-state index contributed by atoms with van der Waals surface area (Å²) in [5.74, 6) is 0.212. The average molecular weight is 475 g/mol. The first-order valence-electron chi connectivity index (χ1n) is 10.0. The SMILES string of the molecule is Cc1cc(C)cc(OCC(=O)N(Cc2ccc(Br)cc2)C(C)C(=O)NC(C)(C)C)c1. The number of rotatable bonds is 7. The van der Waals surface area contributed by atoms with E-state index in [0.717, 1.165) is 21.2 Å². The van der Waals surface area contributed by atoms with Crippen molar-refractivity contribution in [2.75, 3.05) is 6.61 Å². The molecule has 0 aliphatic carbocycles. The van der Waals surface area contributed by atoms with E-state index in [0.29, 0.717) is 12.3 Å². The van der Waals surface area contributed by atoms with E-state index in [1.807, 2.05) is 77.1 Å². The molecule has 0 spiro atoms. The first-order valence-corrected chi connectivity index (χ1v) is 10.8. The first kappa shape index (κ1) is 23.9. The third-order valence-electron chi connectivity index (χ3n) is 4.49. The summed E-state index contributed by atoms with van der Waals surface area (Å²) in [7, 11) is 0. The monoisotopic (exact) mass is 474 g/mol. The van der Waals surface area contributed by atoms with E-state index in [9.17, 15) is 9.59 Å². The van der Waals surface area contributed by atoms with E-state index < -0.39 is 6.04 Å². The molecule has 5 nitrogen and oxygen atoms in total. The van der Waals surface area contributed by atoms with Crippen molar-refractivity contribution < 1.29 is 14.3 Å². The molecule has 0 saturated carbocycles. The molecule has 6 heteroatoms. The van der Waals surface area contributed by atoms with E-state index in [-0.39, 0.29) is 24.0 Å². The number of nitrogens with zero attached hydrogens (tertiary/aromatic N) is 1. The molecule has 0 aliphatic heterocycles. The number of carbonyl (C=O) groups excluding carboxylic acids is 2. The van der Waals surface area contributed by atoms with Gasteiger partial charge in [0.15, 0.2) is 6.61 Å². The normalized spacial score (nSPS) is 12.2. The maximum Gasteiger partial charge on any atom is 0.261 e. The largest absolute Gasteiger partial charge is 0.484 e. The molecule has 2 aromatic carbocycles. The van der Waals surface area contributed by atoms with Crippen molar-refractivity contribution in [1.29, 1.82) is 0 Å². The van der Waals surface area contributed by atoms with E-state index in [4.69, 9.17) is 4.74 Å². The lowest BCUT2D eigenvalue weighted by Crippen LogP contribution is -2.53. The number of ether oxygens (including phenoxy) is 1. The Morgan fingerprint density at radius 1 is 1.07 bits per heavy atom. The van der Waals surface area contributed by atoms with Gasteiger partial charge in [0.1, 0.15) is 11.8 Å². The van der Waals surface area contributed by atoms with Crippen LogP contribution in [0.2, 0.25) is 0 Å². The van der Waals surface area contributed by atoms with Crippen molar-refractivity contribution in [2.45, 2.75) is 59.7 Å². The van der Waals surface area contributed by atoms with Gasteiger partial charge in [0.05, 0.1) is 0 Å². The summed E-state index contributed by atoms with van der Waals surface area (Å²) in [6, 6.07) is 12.9. The number of carbonyl (C=O) groups is 2. The van der Waals surface area contributed by atoms with Crippen LogP contribution in [0.25, 0.3) is 0 Å². The van der Waals surface area contributed by atoms with Crippen LogP contribution in [-0.2, 0) is 16.1 Å². The van der Waals surface area contributed by atoms with Crippen LogP contribution < -0.4 is 10.1 Å². The lowest BCUT2D eigenvalue weighted by Gasteiger charge is -2.31. The fourth-order valence-electron chi connectivity index (χ4n) is 3.09. The van der Waals surface area contributed by atoms with Gasteiger partial charge in [-0.3, -0.25) is 9.59 Å². The Balaban J connectivity index is 2.18. The van der Waals surface area contributed by atoms with Crippen molar-refractivity contribution in [1.82, 2.24) is 10.2 Å². The summed E-state index contributed by atoms with van der Waals surface area (Å²) < 4.78 is 6.73. The zero-order valence-corrected chi connectivity index (χ0v) is 20.2. The lowest BCUT2D eigenvalue weighted by molar-refractivity contribution is -0.142. The maximum absolute atomic E-state index is 13.1. The van der Waals surface area contributed by atoms with Crippen LogP contribution in [0.5, 0.6) is 5.75 Å². The smallest absolute Gasteiger partial charge is 0.261 e. The number of halogens is 1. The highest BCUT2D eigenvalue weighted by molar-refractivity contribution is 9.10. The maximum atomic E-state index is 13.1. The summed E-state index contributed by atoms with van der Waals surface area (Å²) in [6.45, 7) is 11.7. The number of benzene rings is 2. The van der Waals surface area contributed by atoms with Crippen LogP contribution in [0.4, 0.5) is 0 Å². The minimum Gasteiger partial charge on any atom is -0.484 e. The lowest BCUT2D eigenvalue weighted by atomic mass is 10.1. The molecule has 1 atom stereocenters. The molecule has 0 fully saturated rings. The zero-order chi connectivity index (χ0) is 22.5. The molecular weight excluding hydrogens is 444 g/mol. The molecule has 162 valence electrons. The van der Waals surface area contributed by atoms with E-state index >= 15 is 0 Å². The molecule has 0 bridgehead atoms. The third kappa shape index (κ3) is 7.48. The second kappa shape index (κ2) is 10.1. The number of hydrogen-bond donors (Lipinski definition) is 1. The van der Waals surface area contributed by atoms with Gasteiger partial charge < -0.3 is 15.0 Å². The molecule has 1 unspecified atom stereocenters. The predicted molar refractivity (Wildman–Crippen MR) is 123 cm³/mol. The van der Waals surface area contributed by atoms with Gasteiger partial charge in [-0.05, 0) is 82.5 Å². The van der Waals surface area contributed by atoms with Gasteiger partial charge >= 0.3 is 0 Å². The Morgan fingerprint density at radius 2 is 1.63 bits per heavy atom. The van der Waals surface area contributed by atoms with Crippen LogP contribution in [-0.4, -0.2) is 34.9 Å². The third-order valence-corrected chi connectivity index (χ3v) is 5.02. The molecule has 0 radical (unpaired) electrons. The van der Waals surface area contributed by atoms with E-state index in [1.54, 1.807) is 11.8 Å². The Bertz CT molecular complexity index is 868. The first-order chi connectivity index (χ1) is 13.9. The minimum absolute atomic E-state index is 0.132. The number of nitrogens with one attached hydrogen (secondary N) is 1. The second-order valence-corrected chi connectivity index (χ2v) is 9.59. The predicted octanol–water partition coefficient (Wildman–Crippen LogP) is 4.78. The van der Waals surface area contributed by atoms with Gasteiger partial charge in [0, 0.05) is 16.6 Å².